The van der Waals surface area contributed by atoms with Gasteiger partial charge < -0.3 is 4.90 Å². The van der Waals surface area contributed by atoms with Crippen LogP contribution in [0.25, 0.3) is 0 Å². The molecule has 0 bridgehead atoms. The Morgan fingerprint density at radius 1 is 1.23 bits per heavy atom. The minimum absolute atomic E-state index is 0.0364. The summed E-state index contributed by atoms with van der Waals surface area (Å²) >= 11 is 0. The third-order valence-corrected chi connectivity index (χ3v) is 1.58. The van der Waals surface area contributed by atoms with Gasteiger partial charge in [-0.1, -0.05) is 30.3 Å². The maximum atomic E-state index is 11.4. The fourth-order valence-corrected chi connectivity index (χ4v) is 0.915. The van der Waals surface area contributed by atoms with Crippen LogP contribution in [-0.2, 0) is 0 Å². The number of rotatable bonds is 3. The van der Waals surface area contributed by atoms with Gasteiger partial charge in [-0.2, -0.15) is 0 Å². The molecule has 1 rings (SSSR count). The van der Waals surface area contributed by atoms with Crippen molar-refractivity contribution in [3.63, 3.8) is 0 Å². The largest absolute Gasteiger partial charge is 0.383 e. The first-order valence-electron chi connectivity index (χ1n) is 4.14. The third-order valence-electron chi connectivity index (χ3n) is 1.58. The van der Waals surface area contributed by atoms with Crippen molar-refractivity contribution in [2.75, 3.05) is 14.1 Å². The van der Waals surface area contributed by atoms with Crippen LogP contribution in [0.4, 0.5) is 0 Å². The van der Waals surface area contributed by atoms with E-state index in [0.717, 1.165) is 5.56 Å². The van der Waals surface area contributed by atoms with Crippen molar-refractivity contribution in [1.29, 1.82) is 0 Å². The van der Waals surface area contributed by atoms with Crippen molar-refractivity contribution in [2.24, 2.45) is 0 Å². The number of hydrogen-bond acceptors (Lipinski definition) is 2. The van der Waals surface area contributed by atoms with E-state index in [-0.39, 0.29) is 5.78 Å². The predicted octanol–water partition coefficient (Wildman–Crippen LogP) is 1.94. The molecule has 0 saturated heterocycles. The van der Waals surface area contributed by atoms with E-state index >= 15 is 0 Å². The van der Waals surface area contributed by atoms with Crippen LogP contribution in [0.2, 0.25) is 0 Å². The van der Waals surface area contributed by atoms with Crippen molar-refractivity contribution in [3.05, 3.63) is 48.2 Å². The summed E-state index contributed by atoms with van der Waals surface area (Å²) in [4.78, 5) is 13.3. The Hall–Kier alpha value is -1.57. The van der Waals surface area contributed by atoms with Crippen LogP contribution < -0.4 is 0 Å². The van der Waals surface area contributed by atoms with Crippen LogP contribution in [-0.4, -0.2) is 24.8 Å². The molecule has 0 radical (unpaired) electrons. The number of nitrogens with zero attached hydrogens (tertiary/aromatic N) is 1. The second kappa shape index (κ2) is 4.45. The normalized spacial score (nSPS) is 10.3. The molecule has 0 aliphatic rings. The van der Waals surface area contributed by atoms with Crippen LogP contribution in [0.15, 0.2) is 42.6 Å². The summed E-state index contributed by atoms with van der Waals surface area (Å²) in [6.45, 7) is 0. The molecule has 0 atom stereocenters. The van der Waals surface area contributed by atoms with Gasteiger partial charge in [0.2, 0.25) is 0 Å². The molecule has 1 aromatic rings. The Kier molecular flexibility index (Phi) is 3.26. The van der Waals surface area contributed by atoms with Crippen LogP contribution >= 0.6 is 0 Å². The molecule has 0 aliphatic carbocycles. The zero-order valence-electron chi connectivity index (χ0n) is 7.90. The second-order valence-electron chi connectivity index (χ2n) is 3.01. The Morgan fingerprint density at radius 2 is 1.85 bits per heavy atom. The van der Waals surface area contributed by atoms with E-state index in [0.29, 0.717) is 0 Å². The molecule has 0 fully saturated rings. The standard InChI is InChI=1S/C11H13NO/c1-12(2)9-8-11(13)10-6-4-3-5-7-10/h3-9H,1-2H3/b9-8+. The van der Waals surface area contributed by atoms with Crippen molar-refractivity contribution in [1.82, 2.24) is 4.90 Å². The third kappa shape index (κ3) is 3.11. The first kappa shape index (κ1) is 9.52. The smallest absolute Gasteiger partial charge is 0.187 e. The van der Waals surface area contributed by atoms with Crippen molar-refractivity contribution >= 4 is 5.78 Å². The van der Waals surface area contributed by atoms with Crippen molar-refractivity contribution in [2.45, 2.75) is 0 Å². The lowest BCUT2D eigenvalue weighted by Crippen LogP contribution is -2.02. The lowest BCUT2D eigenvalue weighted by Gasteiger charge is -2.02. The highest BCUT2D eigenvalue weighted by Crippen LogP contribution is 2.00. The maximum absolute atomic E-state index is 11.4. The van der Waals surface area contributed by atoms with E-state index < -0.39 is 0 Å². The van der Waals surface area contributed by atoms with E-state index in [2.05, 4.69) is 0 Å². The van der Waals surface area contributed by atoms with E-state index in [1.807, 2.05) is 49.3 Å². The molecule has 0 N–H and O–H groups in total. The molecular formula is C11H13NO. The maximum Gasteiger partial charge on any atom is 0.187 e. The molecule has 1 aromatic carbocycles. The van der Waals surface area contributed by atoms with Gasteiger partial charge in [-0.15, -0.1) is 0 Å². The van der Waals surface area contributed by atoms with E-state index in [1.54, 1.807) is 12.3 Å². The van der Waals surface area contributed by atoms with E-state index in [1.165, 1.54) is 0 Å². The van der Waals surface area contributed by atoms with Gasteiger partial charge in [0.25, 0.3) is 0 Å². The number of carbonyl (C=O) groups is 1. The molecule has 2 nitrogen and oxygen atoms in total. The summed E-state index contributed by atoms with van der Waals surface area (Å²) in [6, 6.07) is 9.23. The molecular weight excluding hydrogens is 162 g/mol. The summed E-state index contributed by atoms with van der Waals surface area (Å²) < 4.78 is 0. The van der Waals surface area contributed by atoms with Crippen LogP contribution in [0.1, 0.15) is 10.4 Å². The summed E-state index contributed by atoms with van der Waals surface area (Å²) in [5, 5.41) is 0. The molecule has 0 aromatic heterocycles. The fraction of sp³-hybridized carbons (Fsp3) is 0.182. The van der Waals surface area contributed by atoms with Gasteiger partial charge in [0, 0.05) is 31.9 Å². The minimum Gasteiger partial charge on any atom is -0.383 e. The average molecular weight is 175 g/mol. The van der Waals surface area contributed by atoms with Gasteiger partial charge in [-0.05, 0) is 0 Å². The number of carbonyl (C=O) groups excluding carboxylic acids is 1. The molecule has 13 heavy (non-hydrogen) atoms. The second-order valence-corrected chi connectivity index (χ2v) is 3.01. The summed E-state index contributed by atoms with van der Waals surface area (Å²) in [7, 11) is 3.77. The lowest BCUT2D eigenvalue weighted by molar-refractivity contribution is 0.104. The molecule has 0 heterocycles. The SMILES string of the molecule is CN(C)/C=C/C(=O)c1ccccc1. The van der Waals surface area contributed by atoms with Gasteiger partial charge in [0.05, 0.1) is 0 Å². The quantitative estimate of drug-likeness (QED) is 0.517. The molecule has 0 aliphatic heterocycles. The Balaban J connectivity index is 2.70. The monoisotopic (exact) mass is 175 g/mol. The molecule has 68 valence electrons. The average Bonchev–Trinajstić information content (AvgIpc) is 2.15. The topological polar surface area (TPSA) is 20.3 Å². The highest BCUT2D eigenvalue weighted by Gasteiger charge is 1.98. The predicted molar refractivity (Wildman–Crippen MR) is 53.6 cm³/mol. The van der Waals surface area contributed by atoms with E-state index in [4.69, 9.17) is 0 Å². The summed E-state index contributed by atoms with van der Waals surface area (Å²) in [6.07, 6.45) is 3.31. The molecule has 0 saturated carbocycles. The molecule has 0 amide bonds. The molecule has 0 unspecified atom stereocenters. The van der Waals surface area contributed by atoms with Crippen molar-refractivity contribution < 1.29 is 4.79 Å². The van der Waals surface area contributed by atoms with Crippen LogP contribution in [0, 0.1) is 0 Å². The highest BCUT2D eigenvalue weighted by atomic mass is 16.1. The van der Waals surface area contributed by atoms with Gasteiger partial charge in [-0.25, -0.2) is 0 Å². The first-order valence-corrected chi connectivity index (χ1v) is 4.14. The first-order chi connectivity index (χ1) is 6.20. The Morgan fingerprint density at radius 3 is 2.38 bits per heavy atom. The lowest BCUT2D eigenvalue weighted by atomic mass is 10.1. The van der Waals surface area contributed by atoms with Crippen LogP contribution in [0.5, 0.6) is 0 Å². The number of ketones is 1. The van der Waals surface area contributed by atoms with Gasteiger partial charge in [-0.3, -0.25) is 4.79 Å². The van der Waals surface area contributed by atoms with Crippen molar-refractivity contribution in [3.8, 4) is 0 Å². The number of allylic oxidation sites excluding steroid dienone is 1. The molecule has 2 heteroatoms. The Bertz CT molecular complexity index is 301. The van der Waals surface area contributed by atoms with Gasteiger partial charge in [0.1, 0.15) is 0 Å². The number of benzene rings is 1. The molecule has 0 spiro atoms. The van der Waals surface area contributed by atoms with Crippen LogP contribution in [0.3, 0.4) is 0 Å². The summed E-state index contributed by atoms with van der Waals surface area (Å²) in [5.74, 6) is 0.0364. The number of hydrogen-bond donors (Lipinski definition) is 0. The zero-order valence-corrected chi connectivity index (χ0v) is 7.90. The minimum atomic E-state index is 0.0364. The Labute approximate surface area is 78.5 Å². The summed E-state index contributed by atoms with van der Waals surface area (Å²) in [5.41, 5.74) is 0.723. The highest BCUT2D eigenvalue weighted by molar-refractivity contribution is 6.04. The zero-order chi connectivity index (χ0) is 9.68. The van der Waals surface area contributed by atoms with Gasteiger partial charge >= 0.3 is 0 Å². The van der Waals surface area contributed by atoms with E-state index in [9.17, 15) is 4.79 Å². The van der Waals surface area contributed by atoms with Gasteiger partial charge in [0.15, 0.2) is 5.78 Å². The fourth-order valence-electron chi connectivity index (χ4n) is 0.915.